The van der Waals surface area contributed by atoms with Gasteiger partial charge in [0.1, 0.15) is 0 Å². The Bertz CT molecular complexity index is 1180. The minimum absolute atomic E-state index is 0.943. The molecule has 274 valence electrons. The van der Waals surface area contributed by atoms with Crippen molar-refractivity contribution in [2.24, 2.45) is 23.7 Å². The summed E-state index contributed by atoms with van der Waals surface area (Å²) in [6.45, 7) is 4.63. The molecule has 3 aromatic rings. The molecule has 0 spiro atoms. The van der Waals surface area contributed by atoms with Crippen LogP contribution in [0.25, 0.3) is 22.3 Å². The molecule has 2 aliphatic carbocycles. The average Bonchev–Trinajstić information content (AvgIpc) is 3.17. The van der Waals surface area contributed by atoms with Crippen molar-refractivity contribution in [1.82, 2.24) is 0 Å². The lowest BCUT2D eigenvalue weighted by molar-refractivity contribution is 0.248. The quantitative estimate of drug-likeness (QED) is 0.0931. The smallest absolute Gasteiger partial charge is 0.0178 e. The second-order valence-electron chi connectivity index (χ2n) is 16.9. The van der Waals surface area contributed by atoms with Crippen LogP contribution in [0, 0.1) is 23.7 Å². The van der Waals surface area contributed by atoms with E-state index in [9.17, 15) is 0 Å². The molecule has 0 atom stereocenters. The standard InChI is InChI=1S/C50H74/c1-3-5-7-9-11-13-16-41-20-24-43(25-21-41)28-30-45-32-36-47(37-33-45)49-18-15-19-50(40-49)48-38-34-46(35-39-48)31-29-44-26-22-42(23-27-44)17-14-12-10-8-6-4-2/h15,18-19,32-44H,3-14,16-17,20-31H2,1-2H3. The van der Waals surface area contributed by atoms with Gasteiger partial charge >= 0.3 is 0 Å². The van der Waals surface area contributed by atoms with Crippen molar-refractivity contribution in [3.63, 3.8) is 0 Å². The average molecular weight is 675 g/mol. The molecular weight excluding hydrogens is 601 g/mol. The van der Waals surface area contributed by atoms with Crippen molar-refractivity contribution >= 4 is 0 Å². The third-order valence-corrected chi connectivity index (χ3v) is 13.0. The highest BCUT2D eigenvalue weighted by atomic mass is 14.3. The minimum atomic E-state index is 0.943. The Morgan fingerprint density at radius 3 is 1.08 bits per heavy atom. The zero-order valence-electron chi connectivity index (χ0n) is 32.6. The Balaban J connectivity index is 0.990. The highest BCUT2D eigenvalue weighted by molar-refractivity contribution is 5.73. The van der Waals surface area contributed by atoms with Gasteiger partial charge in [-0.2, -0.15) is 0 Å². The van der Waals surface area contributed by atoms with E-state index < -0.39 is 0 Å². The lowest BCUT2D eigenvalue weighted by Crippen LogP contribution is -2.15. The Kier molecular flexibility index (Phi) is 17.5. The van der Waals surface area contributed by atoms with E-state index in [1.54, 1.807) is 0 Å². The molecule has 0 heteroatoms. The fraction of sp³-hybridized carbons (Fsp3) is 0.640. The summed E-state index contributed by atoms with van der Waals surface area (Å²) in [6, 6.07) is 28.2. The largest absolute Gasteiger partial charge is 0.0654 e. The first-order chi connectivity index (χ1) is 24.7. The lowest BCUT2D eigenvalue weighted by Gasteiger charge is -2.28. The molecule has 0 saturated heterocycles. The molecule has 3 aromatic carbocycles. The summed E-state index contributed by atoms with van der Waals surface area (Å²) in [7, 11) is 0. The summed E-state index contributed by atoms with van der Waals surface area (Å²) >= 11 is 0. The van der Waals surface area contributed by atoms with Crippen molar-refractivity contribution in [3.8, 4) is 22.3 Å². The normalized spacial score (nSPS) is 21.0. The molecule has 0 radical (unpaired) electrons. The predicted octanol–water partition coefficient (Wildman–Crippen LogP) is 16.0. The summed E-state index contributed by atoms with van der Waals surface area (Å²) in [6.07, 6.45) is 37.3. The first kappa shape index (κ1) is 38.9. The summed E-state index contributed by atoms with van der Waals surface area (Å²) in [5.41, 5.74) is 8.35. The van der Waals surface area contributed by atoms with Crippen molar-refractivity contribution in [2.75, 3.05) is 0 Å². The molecular formula is C50H74. The Labute approximate surface area is 309 Å². The Morgan fingerprint density at radius 2 is 0.700 bits per heavy atom. The summed E-state index contributed by atoms with van der Waals surface area (Å²) in [5.74, 6) is 3.92. The van der Waals surface area contributed by atoms with E-state index in [0.717, 1.165) is 23.7 Å². The molecule has 0 amide bonds. The molecule has 2 fully saturated rings. The van der Waals surface area contributed by atoms with Gasteiger partial charge in [-0.15, -0.1) is 0 Å². The predicted molar refractivity (Wildman–Crippen MR) is 221 cm³/mol. The van der Waals surface area contributed by atoms with Gasteiger partial charge < -0.3 is 0 Å². The van der Waals surface area contributed by atoms with E-state index in [1.807, 2.05) is 0 Å². The van der Waals surface area contributed by atoms with E-state index in [-0.39, 0.29) is 0 Å². The molecule has 0 aromatic heterocycles. The van der Waals surface area contributed by atoms with Gasteiger partial charge in [-0.3, -0.25) is 0 Å². The van der Waals surface area contributed by atoms with Crippen LogP contribution in [0.4, 0.5) is 0 Å². The zero-order valence-corrected chi connectivity index (χ0v) is 32.6. The van der Waals surface area contributed by atoms with Gasteiger partial charge in [-0.05, 0) is 88.8 Å². The number of unbranched alkanes of at least 4 members (excludes halogenated alkanes) is 10. The third kappa shape index (κ3) is 13.7. The highest BCUT2D eigenvalue weighted by Gasteiger charge is 2.22. The Morgan fingerprint density at radius 1 is 0.360 bits per heavy atom. The molecule has 0 N–H and O–H groups in total. The number of hydrogen-bond acceptors (Lipinski definition) is 0. The molecule has 50 heavy (non-hydrogen) atoms. The fourth-order valence-electron chi connectivity index (χ4n) is 9.39. The van der Waals surface area contributed by atoms with Crippen LogP contribution in [0.3, 0.4) is 0 Å². The van der Waals surface area contributed by atoms with Crippen LogP contribution < -0.4 is 0 Å². The second-order valence-corrected chi connectivity index (χ2v) is 16.9. The minimum Gasteiger partial charge on any atom is -0.0654 e. The third-order valence-electron chi connectivity index (χ3n) is 13.0. The summed E-state index contributed by atoms with van der Waals surface area (Å²) in [4.78, 5) is 0. The van der Waals surface area contributed by atoms with E-state index in [0.29, 0.717) is 0 Å². The number of aryl methyl sites for hydroxylation is 2. The second kappa shape index (κ2) is 22.6. The molecule has 2 saturated carbocycles. The SMILES string of the molecule is CCCCCCCCC1CCC(CCc2ccc(-c3cccc(-c4ccc(CCC5CCC(CCCCCCCC)CC5)cc4)c3)cc2)CC1. The Hall–Kier alpha value is -2.34. The van der Waals surface area contributed by atoms with Gasteiger partial charge in [0.05, 0.1) is 0 Å². The van der Waals surface area contributed by atoms with Gasteiger partial charge in [0.25, 0.3) is 0 Å². The van der Waals surface area contributed by atoms with Gasteiger partial charge in [0.2, 0.25) is 0 Å². The molecule has 0 heterocycles. The monoisotopic (exact) mass is 675 g/mol. The van der Waals surface area contributed by atoms with E-state index >= 15 is 0 Å². The van der Waals surface area contributed by atoms with Crippen LogP contribution in [0.2, 0.25) is 0 Å². The van der Waals surface area contributed by atoms with E-state index in [4.69, 9.17) is 0 Å². The van der Waals surface area contributed by atoms with Crippen molar-refractivity contribution < 1.29 is 0 Å². The molecule has 0 aliphatic heterocycles. The highest BCUT2D eigenvalue weighted by Crippen LogP contribution is 2.36. The number of hydrogen-bond donors (Lipinski definition) is 0. The summed E-state index contributed by atoms with van der Waals surface area (Å²) < 4.78 is 0. The zero-order chi connectivity index (χ0) is 34.6. The van der Waals surface area contributed by atoms with Gasteiger partial charge in [0.15, 0.2) is 0 Å². The van der Waals surface area contributed by atoms with Gasteiger partial charge in [0, 0.05) is 0 Å². The van der Waals surface area contributed by atoms with Crippen LogP contribution in [0.5, 0.6) is 0 Å². The molecule has 0 nitrogen and oxygen atoms in total. The molecule has 0 unspecified atom stereocenters. The molecule has 0 bridgehead atoms. The van der Waals surface area contributed by atoms with Crippen LogP contribution in [-0.4, -0.2) is 0 Å². The van der Waals surface area contributed by atoms with E-state index in [1.165, 1.54) is 200 Å². The first-order valence-electron chi connectivity index (χ1n) is 22.0. The van der Waals surface area contributed by atoms with Gasteiger partial charge in [-0.1, -0.05) is 222 Å². The van der Waals surface area contributed by atoms with Crippen LogP contribution >= 0.6 is 0 Å². The maximum absolute atomic E-state index is 2.39. The number of benzene rings is 3. The van der Waals surface area contributed by atoms with Crippen LogP contribution in [0.1, 0.15) is 179 Å². The molecule has 5 rings (SSSR count). The van der Waals surface area contributed by atoms with E-state index in [2.05, 4.69) is 86.6 Å². The van der Waals surface area contributed by atoms with Gasteiger partial charge in [-0.25, -0.2) is 0 Å². The maximum atomic E-state index is 2.39. The van der Waals surface area contributed by atoms with Crippen molar-refractivity contribution in [3.05, 3.63) is 83.9 Å². The molecule has 2 aliphatic rings. The fourth-order valence-corrected chi connectivity index (χ4v) is 9.39. The maximum Gasteiger partial charge on any atom is -0.0178 e. The first-order valence-corrected chi connectivity index (χ1v) is 22.0. The van der Waals surface area contributed by atoms with Crippen molar-refractivity contribution in [2.45, 2.75) is 181 Å². The topological polar surface area (TPSA) is 0 Å². The van der Waals surface area contributed by atoms with Crippen molar-refractivity contribution in [1.29, 1.82) is 0 Å². The van der Waals surface area contributed by atoms with Crippen LogP contribution in [-0.2, 0) is 12.8 Å². The number of rotatable bonds is 22. The van der Waals surface area contributed by atoms with Crippen LogP contribution in [0.15, 0.2) is 72.8 Å². The lowest BCUT2D eigenvalue weighted by atomic mass is 9.77. The summed E-state index contributed by atoms with van der Waals surface area (Å²) in [5, 5.41) is 0.